The quantitative estimate of drug-likeness (QED) is 0.648. The lowest BCUT2D eigenvalue weighted by atomic mass is 9.73. The van der Waals surface area contributed by atoms with Gasteiger partial charge in [-0.25, -0.2) is 9.59 Å². The molecule has 0 spiro atoms. The number of esters is 1. The molecule has 24 heavy (non-hydrogen) atoms. The Morgan fingerprint density at radius 1 is 1.29 bits per heavy atom. The number of benzene rings is 1. The van der Waals surface area contributed by atoms with Crippen LogP contribution >= 0.6 is 11.6 Å². The Bertz CT molecular complexity index is 720. The Morgan fingerprint density at radius 3 is 2.67 bits per heavy atom. The van der Waals surface area contributed by atoms with Gasteiger partial charge in [0.1, 0.15) is 11.8 Å². The molecule has 0 aliphatic carbocycles. The van der Waals surface area contributed by atoms with E-state index in [0.717, 1.165) is 0 Å². The molecule has 1 saturated heterocycles. The number of methoxy groups -OCH3 is 1. The van der Waals surface area contributed by atoms with Gasteiger partial charge < -0.3 is 15.2 Å². The molecule has 0 amide bonds. The minimum absolute atomic E-state index is 0.233. The van der Waals surface area contributed by atoms with Gasteiger partial charge in [0.2, 0.25) is 0 Å². The van der Waals surface area contributed by atoms with Gasteiger partial charge in [-0.15, -0.1) is 0 Å². The molecule has 1 aromatic carbocycles. The fraction of sp³-hybridized carbons (Fsp3) is 0.375. The van der Waals surface area contributed by atoms with Gasteiger partial charge in [0.25, 0.3) is 0 Å². The number of hydrogen-bond donors (Lipinski definition) is 1. The van der Waals surface area contributed by atoms with E-state index in [0.29, 0.717) is 10.6 Å². The molecule has 4 unspecified atom stereocenters. The normalized spacial score (nSPS) is 32.8. The van der Waals surface area contributed by atoms with Gasteiger partial charge >= 0.3 is 11.9 Å². The molecule has 7 nitrogen and oxygen atoms in total. The molecule has 1 aromatic rings. The van der Waals surface area contributed by atoms with E-state index < -0.39 is 35.6 Å². The predicted molar refractivity (Wildman–Crippen MR) is 82.4 cm³/mol. The molecular weight excluding hydrogens is 338 g/mol. The number of hydrogen-bond acceptors (Lipinski definition) is 7. The average Bonchev–Trinajstić information content (AvgIpc) is 2.96. The minimum atomic E-state index is -1.43. The molecule has 2 N–H and O–H groups in total. The third kappa shape index (κ3) is 2.36. The van der Waals surface area contributed by atoms with E-state index >= 15 is 0 Å². The Kier molecular flexibility index (Phi) is 4.25. The highest BCUT2D eigenvalue weighted by Crippen LogP contribution is 2.48. The molecule has 2 aliphatic rings. The van der Waals surface area contributed by atoms with Crippen LogP contribution in [0.2, 0.25) is 5.02 Å². The second-order valence-corrected chi connectivity index (χ2v) is 6.05. The zero-order valence-electron chi connectivity index (χ0n) is 13.0. The summed E-state index contributed by atoms with van der Waals surface area (Å²) < 4.78 is 10.6. The van der Waals surface area contributed by atoms with Crippen molar-refractivity contribution in [3.8, 4) is 0 Å². The lowest BCUT2D eigenvalue weighted by molar-refractivity contribution is -0.386. The van der Waals surface area contributed by atoms with Crippen LogP contribution in [0.3, 0.4) is 0 Å². The lowest BCUT2D eigenvalue weighted by Gasteiger charge is -2.45. The molecule has 4 atom stereocenters. The Morgan fingerprint density at radius 2 is 2.00 bits per heavy atom. The number of cyclic esters (lactones) is 1. The number of rotatable bonds is 3. The molecule has 8 heteroatoms. The van der Waals surface area contributed by atoms with Crippen molar-refractivity contribution in [2.45, 2.75) is 24.7 Å². The summed E-state index contributed by atoms with van der Waals surface area (Å²) in [4.78, 5) is 33.9. The van der Waals surface area contributed by atoms with E-state index in [2.05, 4.69) is 0 Å². The fourth-order valence-corrected chi connectivity index (χ4v) is 3.35. The predicted octanol–water partition coefficient (Wildman–Crippen LogP) is 1.44. The molecule has 0 radical (unpaired) electrons. The average molecular weight is 354 g/mol. The van der Waals surface area contributed by atoms with Crippen LogP contribution < -0.4 is 5.73 Å². The number of carbonyl (C=O) groups excluding carboxylic acids is 2. The molecule has 0 bridgehead atoms. The summed E-state index contributed by atoms with van der Waals surface area (Å²) in [6.07, 6.45) is 0.213. The van der Waals surface area contributed by atoms with Crippen LogP contribution in [0.4, 0.5) is 0 Å². The van der Waals surface area contributed by atoms with Crippen molar-refractivity contribution in [3.63, 3.8) is 0 Å². The Hall–Kier alpha value is -2.09. The van der Waals surface area contributed by atoms with Crippen molar-refractivity contribution in [2.75, 3.05) is 7.11 Å². The van der Waals surface area contributed by atoms with E-state index in [4.69, 9.17) is 36.6 Å². The monoisotopic (exact) mass is 353 g/mol. The highest BCUT2D eigenvalue weighted by molar-refractivity contribution is 6.31. The maximum atomic E-state index is 11.8. The second kappa shape index (κ2) is 6.08. The zero-order chi connectivity index (χ0) is 17.5. The van der Waals surface area contributed by atoms with Crippen molar-refractivity contribution < 1.29 is 28.8 Å². The lowest BCUT2D eigenvalue weighted by Crippen LogP contribution is -2.60. The Balaban J connectivity index is 2.19. The first-order chi connectivity index (χ1) is 11.4. The summed E-state index contributed by atoms with van der Waals surface area (Å²) >= 11 is 6.34. The molecule has 2 heterocycles. The largest absolute Gasteiger partial charge is 0.497 e. The van der Waals surface area contributed by atoms with Gasteiger partial charge in [0, 0.05) is 16.5 Å². The number of carbonyl (C=O) groups is 2. The van der Waals surface area contributed by atoms with Gasteiger partial charge in [-0.1, -0.05) is 36.7 Å². The van der Waals surface area contributed by atoms with Crippen molar-refractivity contribution in [1.29, 1.82) is 0 Å². The third-order valence-corrected chi connectivity index (χ3v) is 4.75. The van der Waals surface area contributed by atoms with Gasteiger partial charge in [-0.3, -0.25) is 4.89 Å². The molecule has 3 rings (SSSR count). The van der Waals surface area contributed by atoms with Crippen LogP contribution in [-0.2, 0) is 34.4 Å². The molecule has 128 valence electrons. The summed E-state index contributed by atoms with van der Waals surface area (Å²) in [5.74, 6) is -1.69. The number of nitrogens with two attached hydrogens (primary N) is 1. The van der Waals surface area contributed by atoms with Crippen molar-refractivity contribution >= 4 is 23.5 Å². The second-order valence-electron chi connectivity index (χ2n) is 5.64. The van der Waals surface area contributed by atoms with Crippen LogP contribution in [0.5, 0.6) is 0 Å². The maximum absolute atomic E-state index is 11.8. The van der Waals surface area contributed by atoms with E-state index in [1.807, 2.05) is 0 Å². The third-order valence-electron chi connectivity index (χ3n) is 4.42. The first-order valence-electron chi connectivity index (χ1n) is 7.28. The van der Waals surface area contributed by atoms with Crippen LogP contribution in [0.1, 0.15) is 12.5 Å². The zero-order valence-corrected chi connectivity index (χ0v) is 13.8. The van der Waals surface area contributed by atoms with Crippen molar-refractivity contribution in [2.24, 2.45) is 11.7 Å². The first-order valence-corrected chi connectivity index (χ1v) is 7.66. The molecule has 2 aliphatic heterocycles. The van der Waals surface area contributed by atoms with Gasteiger partial charge in [0.15, 0.2) is 11.7 Å². The molecular formula is C16H16ClNO6. The van der Waals surface area contributed by atoms with Gasteiger partial charge in [0.05, 0.1) is 13.2 Å². The summed E-state index contributed by atoms with van der Waals surface area (Å²) in [7, 11) is 1.40. The minimum Gasteiger partial charge on any atom is -0.497 e. The summed E-state index contributed by atoms with van der Waals surface area (Å²) in [6.45, 7) is 1.70. The molecule has 0 saturated carbocycles. The topological polar surface area (TPSA) is 97.1 Å². The number of halogens is 1. The van der Waals surface area contributed by atoms with Crippen LogP contribution in [0.15, 0.2) is 36.1 Å². The Labute approximate surface area is 143 Å². The first kappa shape index (κ1) is 16.8. The van der Waals surface area contributed by atoms with Crippen molar-refractivity contribution in [3.05, 3.63) is 46.7 Å². The van der Waals surface area contributed by atoms with E-state index in [-0.39, 0.29) is 5.76 Å². The number of ether oxygens (including phenoxy) is 2. The van der Waals surface area contributed by atoms with Crippen LogP contribution in [0, 0.1) is 5.92 Å². The summed E-state index contributed by atoms with van der Waals surface area (Å²) in [5.41, 5.74) is 5.02. The standard InChI is InChI=1S/C16H16ClNO6/c1-8-13(18)15(20)23-24-16(8,9-5-3-4-6-10(9)17)14-11(21-2)7-12(19)22-14/h3-8,13-14H,18H2,1-2H3. The van der Waals surface area contributed by atoms with E-state index in [1.54, 1.807) is 31.2 Å². The summed E-state index contributed by atoms with van der Waals surface area (Å²) in [6, 6.07) is 5.85. The van der Waals surface area contributed by atoms with E-state index in [9.17, 15) is 9.59 Å². The molecule has 0 aromatic heterocycles. The van der Waals surface area contributed by atoms with Gasteiger partial charge in [-0.05, 0) is 6.07 Å². The van der Waals surface area contributed by atoms with Crippen LogP contribution in [0.25, 0.3) is 0 Å². The van der Waals surface area contributed by atoms with Crippen molar-refractivity contribution in [1.82, 2.24) is 0 Å². The van der Waals surface area contributed by atoms with Crippen LogP contribution in [-0.4, -0.2) is 31.2 Å². The fourth-order valence-electron chi connectivity index (χ4n) is 3.07. The van der Waals surface area contributed by atoms with Gasteiger partial charge in [-0.2, -0.15) is 4.89 Å². The van der Waals surface area contributed by atoms with E-state index in [1.165, 1.54) is 13.2 Å². The highest BCUT2D eigenvalue weighted by atomic mass is 35.5. The summed E-state index contributed by atoms with van der Waals surface area (Å²) in [5, 5.41) is 0.355. The maximum Gasteiger partial charge on any atom is 0.359 e. The SMILES string of the molecule is COC1=CC(=O)OC1C1(c2ccccc2Cl)OOC(=O)C(N)C1C. The highest BCUT2D eigenvalue weighted by Gasteiger charge is 2.61. The smallest absolute Gasteiger partial charge is 0.359 e. The molecule has 1 fully saturated rings.